The van der Waals surface area contributed by atoms with E-state index in [0.29, 0.717) is 22.4 Å². The summed E-state index contributed by atoms with van der Waals surface area (Å²) in [7, 11) is 1.99. The maximum absolute atomic E-state index is 8.72. The molecule has 0 amide bonds. The minimum Gasteiger partial charge on any atom is -0.409 e. The molecule has 0 unspecified atom stereocenters. The first-order chi connectivity index (χ1) is 8.65. The monoisotopic (exact) mass is 268 g/mol. The van der Waals surface area contributed by atoms with Crippen molar-refractivity contribution in [3.05, 3.63) is 22.8 Å². The zero-order valence-corrected chi connectivity index (χ0v) is 11.1. The largest absolute Gasteiger partial charge is 0.409 e. The highest BCUT2D eigenvalue weighted by Crippen LogP contribution is 2.31. The Bertz CT molecular complexity index is 457. The summed E-state index contributed by atoms with van der Waals surface area (Å²) in [4.78, 5) is 6.39. The molecule has 0 aromatic carbocycles. The number of oxime groups is 1. The van der Waals surface area contributed by atoms with E-state index < -0.39 is 0 Å². The van der Waals surface area contributed by atoms with Crippen molar-refractivity contribution >= 4 is 23.3 Å². The topological polar surface area (TPSA) is 74.7 Å². The number of nitrogens with zero attached hydrogens (tertiary/aromatic N) is 3. The van der Waals surface area contributed by atoms with Crippen molar-refractivity contribution in [3.63, 3.8) is 0 Å². The molecule has 0 aliphatic heterocycles. The molecule has 3 N–H and O–H groups in total. The van der Waals surface area contributed by atoms with Crippen LogP contribution < -0.4 is 10.6 Å². The fourth-order valence-electron chi connectivity index (χ4n) is 2.39. The summed E-state index contributed by atoms with van der Waals surface area (Å²) >= 11 is 6.28. The number of amidine groups is 1. The second-order valence-electron chi connectivity index (χ2n) is 4.53. The fourth-order valence-corrected chi connectivity index (χ4v) is 2.74. The van der Waals surface area contributed by atoms with E-state index in [1.165, 1.54) is 12.8 Å². The lowest BCUT2D eigenvalue weighted by Gasteiger charge is -2.26. The molecule has 98 valence electrons. The summed E-state index contributed by atoms with van der Waals surface area (Å²) in [5, 5.41) is 12.1. The average molecular weight is 269 g/mol. The highest BCUT2D eigenvalue weighted by molar-refractivity contribution is 6.36. The molecule has 1 aromatic rings. The number of hydrogen-bond donors (Lipinski definition) is 2. The Labute approximate surface area is 111 Å². The molecule has 1 aliphatic carbocycles. The minimum absolute atomic E-state index is 0.00321. The van der Waals surface area contributed by atoms with Crippen LogP contribution in [0.25, 0.3) is 0 Å². The summed E-state index contributed by atoms with van der Waals surface area (Å²) in [5.74, 6) is 0.691. The summed E-state index contributed by atoms with van der Waals surface area (Å²) in [6.07, 6.45) is 6.42. The standard InChI is InChI=1S/C12H17ClN4O/c1-17(8-4-2-3-5-8)12-10(13)9(6-7-15-12)11(14)16-18/h6-8,18H,2-5H2,1H3,(H2,14,16). The summed E-state index contributed by atoms with van der Waals surface area (Å²) in [6, 6.07) is 2.11. The van der Waals surface area contributed by atoms with Gasteiger partial charge in [-0.2, -0.15) is 0 Å². The molecule has 18 heavy (non-hydrogen) atoms. The van der Waals surface area contributed by atoms with Gasteiger partial charge in [-0.15, -0.1) is 0 Å². The van der Waals surface area contributed by atoms with Gasteiger partial charge in [0, 0.05) is 24.8 Å². The van der Waals surface area contributed by atoms with Gasteiger partial charge in [0.15, 0.2) is 5.84 Å². The summed E-state index contributed by atoms with van der Waals surface area (Å²) in [5.41, 5.74) is 6.10. The van der Waals surface area contributed by atoms with E-state index in [1.807, 2.05) is 7.05 Å². The molecule has 0 saturated heterocycles. The smallest absolute Gasteiger partial charge is 0.171 e. The number of hydrogen-bond acceptors (Lipinski definition) is 4. The van der Waals surface area contributed by atoms with Crippen molar-refractivity contribution in [2.24, 2.45) is 10.9 Å². The minimum atomic E-state index is 0.00321. The van der Waals surface area contributed by atoms with Crippen LogP contribution in [-0.4, -0.2) is 29.1 Å². The molecule has 1 heterocycles. The number of nitrogens with two attached hydrogens (primary N) is 1. The van der Waals surface area contributed by atoms with Crippen molar-refractivity contribution in [2.75, 3.05) is 11.9 Å². The van der Waals surface area contributed by atoms with Crippen LogP contribution in [0.1, 0.15) is 31.2 Å². The van der Waals surface area contributed by atoms with Crippen molar-refractivity contribution in [1.29, 1.82) is 0 Å². The van der Waals surface area contributed by atoms with Gasteiger partial charge in [-0.3, -0.25) is 0 Å². The molecule has 1 saturated carbocycles. The third-order valence-corrected chi connectivity index (χ3v) is 3.83. The molecule has 2 rings (SSSR count). The van der Waals surface area contributed by atoms with Gasteiger partial charge in [-0.25, -0.2) is 4.98 Å². The quantitative estimate of drug-likeness (QED) is 0.381. The third-order valence-electron chi connectivity index (χ3n) is 3.46. The first-order valence-corrected chi connectivity index (χ1v) is 6.38. The van der Waals surface area contributed by atoms with Gasteiger partial charge in [0.05, 0.1) is 5.02 Å². The van der Waals surface area contributed by atoms with Gasteiger partial charge in [0.2, 0.25) is 0 Å². The van der Waals surface area contributed by atoms with Crippen molar-refractivity contribution in [1.82, 2.24) is 4.98 Å². The van der Waals surface area contributed by atoms with Crippen LogP contribution in [0, 0.1) is 0 Å². The van der Waals surface area contributed by atoms with E-state index in [9.17, 15) is 0 Å². The summed E-state index contributed by atoms with van der Waals surface area (Å²) < 4.78 is 0. The lowest BCUT2D eigenvalue weighted by atomic mass is 10.2. The zero-order valence-electron chi connectivity index (χ0n) is 10.3. The van der Waals surface area contributed by atoms with Crippen molar-refractivity contribution in [2.45, 2.75) is 31.7 Å². The molecular formula is C12H17ClN4O. The molecule has 0 spiro atoms. The average Bonchev–Trinajstić information content (AvgIpc) is 2.91. The van der Waals surface area contributed by atoms with Gasteiger partial charge in [-0.1, -0.05) is 29.6 Å². The number of aromatic nitrogens is 1. The van der Waals surface area contributed by atoms with Gasteiger partial charge in [0.25, 0.3) is 0 Å². The molecule has 6 heteroatoms. The molecule has 1 aromatic heterocycles. The maximum Gasteiger partial charge on any atom is 0.171 e. The van der Waals surface area contributed by atoms with Crippen molar-refractivity contribution in [3.8, 4) is 0 Å². The van der Waals surface area contributed by atoms with E-state index >= 15 is 0 Å². The van der Waals surface area contributed by atoms with E-state index in [-0.39, 0.29) is 5.84 Å². The highest BCUT2D eigenvalue weighted by atomic mass is 35.5. The Hall–Kier alpha value is -1.49. The Kier molecular flexibility index (Phi) is 3.91. The Morgan fingerprint density at radius 3 is 2.83 bits per heavy atom. The van der Waals surface area contributed by atoms with Gasteiger partial charge >= 0.3 is 0 Å². The predicted octanol–water partition coefficient (Wildman–Crippen LogP) is 2.21. The second-order valence-corrected chi connectivity index (χ2v) is 4.91. The lowest BCUT2D eigenvalue weighted by molar-refractivity contribution is 0.318. The van der Waals surface area contributed by atoms with E-state index in [1.54, 1.807) is 12.3 Å². The van der Waals surface area contributed by atoms with Gasteiger partial charge in [0.1, 0.15) is 5.82 Å². The number of anilines is 1. The predicted molar refractivity (Wildman–Crippen MR) is 72.4 cm³/mol. The van der Waals surface area contributed by atoms with Gasteiger partial charge < -0.3 is 15.8 Å². The molecule has 1 fully saturated rings. The normalized spacial score (nSPS) is 17.1. The Morgan fingerprint density at radius 2 is 2.22 bits per heavy atom. The molecule has 0 radical (unpaired) electrons. The lowest BCUT2D eigenvalue weighted by Crippen LogP contribution is -2.30. The second kappa shape index (κ2) is 5.44. The van der Waals surface area contributed by atoms with Crippen LogP contribution in [0.5, 0.6) is 0 Å². The molecule has 1 aliphatic rings. The maximum atomic E-state index is 8.72. The van der Waals surface area contributed by atoms with Crippen LogP contribution in [0.4, 0.5) is 5.82 Å². The molecule has 0 bridgehead atoms. The van der Waals surface area contributed by atoms with Crippen LogP contribution >= 0.6 is 11.6 Å². The SMILES string of the molecule is CN(c1nccc(/C(N)=N/O)c1Cl)C1CCCC1. The van der Waals surface area contributed by atoms with Crippen LogP contribution in [0.3, 0.4) is 0 Å². The van der Waals surface area contributed by atoms with E-state index in [2.05, 4.69) is 15.0 Å². The first kappa shape index (κ1) is 13.0. The zero-order chi connectivity index (χ0) is 13.1. The van der Waals surface area contributed by atoms with Crippen molar-refractivity contribution < 1.29 is 5.21 Å². The van der Waals surface area contributed by atoms with Gasteiger partial charge in [-0.05, 0) is 18.9 Å². The molecular weight excluding hydrogens is 252 g/mol. The Balaban J connectivity index is 2.33. The van der Waals surface area contributed by atoms with Crippen LogP contribution in [0.2, 0.25) is 5.02 Å². The number of pyridine rings is 1. The van der Waals surface area contributed by atoms with E-state index in [0.717, 1.165) is 12.8 Å². The first-order valence-electron chi connectivity index (χ1n) is 6.00. The Morgan fingerprint density at radius 1 is 1.56 bits per heavy atom. The summed E-state index contributed by atoms with van der Waals surface area (Å²) in [6.45, 7) is 0. The van der Waals surface area contributed by atoms with Crippen LogP contribution in [0.15, 0.2) is 17.4 Å². The highest BCUT2D eigenvalue weighted by Gasteiger charge is 2.23. The molecule has 0 atom stereocenters. The van der Waals surface area contributed by atoms with Crippen LogP contribution in [-0.2, 0) is 0 Å². The number of halogens is 1. The van der Waals surface area contributed by atoms with E-state index in [4.69, 9.17) is 22.5 Å². The fraction of sp³-hybridized carbons (Fsp3) is 0.500. The number of rotatable bonds is 3. The third kappa shape index (κ3) is 2.36. The molecule has 5 nitrogen and oxygen atoms in total.